The summed E-state index contributed by atoms with van der Waals surface area (Å²) in [6, 6.07) is 11.9. The van der Waals surface area contributed by atoms with Gasteiger partial charge in [-0.3, -0.25) is 0 Å². The van der Waals surface area contributed by atoms with Crippen LogP contribution in [0, 0.1) is 5.82 Å². The fourth-order valence-corrected chi connectivity index (χ4v) is 3.67. The number of nitrogens with one attached hydrogen (secondary N) is 1. The molecule has 1 saturated heterocycles. The van der Waals surface area contributed by atoms with Crippen molar-refractivity contribution >= 4 is 24.8 Å². The molecule has 0 spiro atoms. The van der Waals surface area contributed by atoms with Crippen molar-refractivity contribution < 1.29 is 19.0 Å². The number of hydrogen-bond donors (Lipinski definition) is 2. The Morgan fingerprint density at radius 2 is 2.03 bits per heavy atom. The van der Waals surface area contributed by atoms with Crippen molar-refractivity contribution in [2.75, 3.05) is 20.2 Å². The minimum atomic E-state index is -0.473. The highest BCUT2D eigenvalue weighted by Gasteiger charge is 2.26. The van der Waals surface area contributed by atoms with Gasteiger partial charge in [-0.25, -0.2) is 9.37 Å². The zero-order valence-corrected chi connectivity index (χ0v) is 18.7. The normalized spacial score (nSPS) is 17.9. The number of benzene rings is 2. The van der Waals surface area contributed by atoms with Gasteiger partial charge in [-0.15, -0.1) is 24.8 Å². The third-order valence-corrected chi connectivity index (χ3v) is 5.15. The van der Waals surface area contributed by atoms with Gasteiger partial charge in [0.1, 0.15) is 18.2 Å². The molecule has 1 aromatic heterocycles. The lowest BCUT2D eigenvalue weighted by atomic mass is 10.0. The molecule has 2 aromatic carbocycles. The molecule has 3 aromatic rings. The Morgan fingerprint density at radius 3 is 2.77 bits per heavy atom. The zero-order chi connectivity index (χ0) is 20.2. The van der Waals surface area contributed by atoms with Crippen LogP contribution in [0.2, 0.25) is 0 Å². The summed E-state index contributed by atoms with van der Waals surface area (Å²) in [5.74, 6) is 1.60. The molecular formula is C22H26Cl2FN3O3. The number of aromatic nitrogens is 2. The SMILES string of the molecule is COc1ccc(-c2nccn2[C@H]2CCNC[C@@H]2O)cc1OCc1cccc(F)c1.Cl.Cl. The van der Waals surface area contributed by atoms with Crippen molar-refractivity contribution in [3.63, 3.8) is 0 Å². The van der Waals surface area contributed by atoms with Crippen LogP contribution in [0.4, 0.5) is 4.39 Å². The van der Waals surface area contributed by atoms with E-state index in [4.69, 9.17) is 9.47 Å². The Kier molecular flexibility index (Phi) is 9.13. The number of imidazole rings is 1. The van der Waals surface area contributed by atoms with Crippen LogP contribution in [0.25, 0.3) is 11.4 Å². The van der Waals surface area contributed by atoms with Crippen molar-refractivity contribution in [2.45, 2.75) is 25.2 Å². The predicted molar refractivity (Wildman–Crippen MR) is 122 cm³/mol. The molecule has 0 aliphatic carbocycles. The number of hydrogen-bond acceptors (Lipinski definition) is 5. The van der Waals surface area contributed by atoms with Gasteiger partial charge < -0.3 is 24.5 Å². The van der Waals surface area contributed by atoms with E-state index in [0.717, 1.165) is 29.9 Å². The molecule has 0 bridgehead atoms. The summed E-state index contributed by atoms with van der Waals surface area (Å²) < 4.78 is 26.8. The zero-order valence-electron chi connectivity index (χ0n) is 17.0. The Hall–Kier alpha value is -2.32. The first-order valence-electron chi connectivity index (χ1n) is 9.63. The number of methoxy groups -OCH3 is 1. The number of piperidine rings is 1. The first-order chi connectivity index (χ1) is 14.2. The van der Waals surface area contributed by atoms with E-state index in [9.17, 15) is 9.50 Å². The predicted octanol–water partition coefficient (Wildman–Crippen LogP) is 4.02. The molecule has 0 unspecified atom stereocenters. The minimum absolute atomic E-state index is 0. The van der Waals surface area contributed by atoms with Crippen LogP contribution in [0.5, 0.6) is 11.5 Å². The second kappa shape index (κ2) is 11.3. The monoisotopic (exact) mass is 469 g/mol. The standard InChI is InChI=1S/C22H24FN3O3.2ClH/c1-28-20-6-5-16(12-21(20)29-14-15-3-2-4-17(23)11-15)22-25-9-10-26(22)18-7-8-24-13-19(18)27;;/h2-6,9-12,18-19,24,27H,7-8,13-14H2,1H3;2*1H/t18-,19-;;/m0../s1. The van der Waals surface area contributed by atoms with Crippen LogP contribution < -0.4 is 14.8 Å². The van der Waals surface area contributed by atoms with E-state index in [1.807, 2.05) is 35.0 Å². The fourth-order valence-electron chi connectivity index (χ4n) is 3.67. The fraction of sp³-hybridized carbons (Fsp3) is 0.318. The number of halogens is 3. The topological polar surface area (TPSA) is 68.5 Å². The maximum atomic E-state index is 13.4. The van der Waals surface area contributed by atoms with Gasteiger partial charge in [0.05, 0.1) is 19.3 Å². The molecule has 1 aliphatic rings. The molecule has 6 nitrogen and oxygen atoms in total. The van der Waals surface area contributed by atoms with E-state index in [2.05, 4.69) is 10.3 Å². The van der Waals surface area contributed by atoms with Gasteiger partial charge in [0.2, 0.25) is 0 Å². The first kappa shape index (κ1) is 24.9. The van der Waals surface area contributed by atoms with Crippen molar-refractivity contribution in [1.82, 2.24) is 14.9 Å². The van der Waals surface area contributed by atoms with Gasteiger partial charge in [0, 0.05) is 24.5 Å². The summed E-state index contributed by atoms with van der Waals surface area (Å²) in [5.41, 5.74) is 1.59. The van der Waals surface area contributed by atoms with E-state index in [-0.39, 0.29) is 43.3 Å². The highest BCUT2D eigenvalue weighted by Crippen LogP contribution is 2.34. The number of aliphatic hydroxyl groups is 1. The van der Waals surface area contributed by atoms with Crippen LogP contribution in [0.3, 0.4) is 0 Å². The van der Waals surface area contributed by atoms with E-state index in [1.54, 1.807) is 19.4 Å². The molecule has 9 heteroatoms. The van der Waals surface area contributed by atoms with Crippen molar-refractivity contribution in [3.05, 3.63) is 66.2 Å². The molecule has 168 valence electrons. The summed E-state index contributed by atoms with van der Waals surface area (Å²) >= 11 is 0. The first-order valence-corrected chi connectivity index (χ1v) is 9.63. The summed E-state index contributed by atoms with van der Waals surface area (Å²) in [7, 11) is 1.58. The number of aliphatic hydroxyl groups excluding tert-OH is 1. The highest BCUT2D eigenvalue weighted by atomic mass is 35.5. The number of nitrogens with zero attached hydrogens (tertiary/aromatic N) is 2. The van der Waals surface area contributed by atoms with E-state index < -0.39 is 6.10 Å². The van der Waals surface area contributed by atoms with Gasteiger partial charge in [0.15, 0.2) is 11.5 Å². The van der Waals surface area contributed by atoms with Gasteiger partial charge in [0.25, 0.3) is 0 Å². The number of rotatable bonds is 6. The molecule has 0 saturated carbocycles. The number of β-amino-alcohol motifs (C(OH)–C–C–N with tert-alkyl or cyclic N) is 1. The second-order valence-electron chi connectivity index (χ2n) is 7.07. The van der Waals surface area contributed by atoms with E-state index >= 15 is 0 Å². The third-order valence-electron chi connectivity index (χ3n) is 5.15. The van der Waals surface area contributed by atoms with Crippen LogP contribution in [-0.4, -0.2) is 41.0 Å². The maximum Gasteiger partial charge on any atom is 0.162 e. The molecule has 4 rings (SSSR count). The molecule has 31 heavy (non-hydrogen) atoms. The molecule has 0 amide bonds. The van der Waals surface area contributed by atoms with Gasteiger partial charge >= 0.3 is 0 Å². The second-order valence-corrected chi connectivity index (χ2v) is 7.07. The maximum absolute atomic E-state index is 13.4. The average molecular weight is 470 g/mol. The lowest BCUT2D eigenvalue weighted by molar-refractivity contribution is 0.0880. The quantitative estimate of drug-likeness (QED) is 0.570. The molecular weight excluding hydrogens is 444 g/mol. The van der Waals surface area contributed by atoms with E-state index in [0.29, 0.717) is 18.0 Å². The summed E-state index contributed by atoms with van der Waals surface area (Å²) in [6.45, 7) is 1.63. The van der Waals surface area contributed by atoms with Crippen LogP contribution >= 0.6 is 24.8 Å². The molecule has 2 heterocycles. The third kappa shape index (κ3) is 5.68. The van der Waals surface area contributed by atoms with Gasteiger partial charge in [-0.05, 0) is 48.9 Å². The van der Waals surface area contributed by atoms with Crippen LogP contribution in [-0.2, 0) is 6.61 Å². The Balaban J connectivity index is 0.00000171. The Labute approximate surface area is 193 Å². The highest BCUT2D eigenvalue weighted by molar-refractivity contribution is 5.85. The van der Waals surface area contributed by atoms with Gasteiger partial charge in [-0.2, -0.15) is 0 Å². The Morgan fingerprint density at radius 1 is 1.19 bits per heavy atom. The van der Waals surface area contributed by atoms with Crippen molar-refractivity contribution in [1.29, 1.82) is 0 Å². The number of ether oxygens (including phenoxy) is 2. The molecule has 2 atom stereocenters. The van der Waals surface area contributed by atoms with Crippen molar-refractivity contribution in [3.8, 4) is 22.9 Å². The summed E-state index contributed by atoms with van der Waals surface area (Å²) in [5, 5.41) is 13.6. The summed E-state index contributed by atoms with van der Waals surface area (Å²) in [4.78, 5) is 4.51. The Bertz CT molecular complexity index is 986. The lowest BCUT2D eigenvalue weighted by Crippen LogP contribution is -2.41. The van der Waals surface area contributed by atoms with Crippen molar-refractivity contribution in [2.24, 2.45) is 0 Å². The summed E-state index contributed by atoms with van der Waals surface area (Å²) in [6.07, 6.45) is 3.98. The van der Waals surface area contributed by atoms with E-state index in [1.165, 1.54) is 12.1 Å². The molecule has 0 radical (unpaired) electrons. The van der Waals surface area contributed by atoms with Crippen LogP contribution in [0.15, 0.2) is 54.9 Å². The minimum Gasteiger partial charge on any atom is -0.493 e. The molecule has 1 fully saturated rings. The lowest BCUT2D eigenvalue weighted by Gasteiger charge is -2.30. The smallest absolute Gasteiger partial charge is 0.162 e. The average Bonchev–Trinajstić information content (AvgIpc) is 3.22. The van der Waals surface area contributed by atoms with Gasteiger partial charge in [-0.1, -0.05) is 12.1 Å². The van der Waals surface area contributed by atoms with Crippen LogP contribution in [0.1, 0.15) is 18.0 Å². The molecule has 2 N–H and O–H groups in total. The largest absolute Gasteiger partial charge is 0.493 e. The molecule has 1 aliphatic heterocycles.